The lowest BCUT2D eigenvalue weighted by molar-refractivity contribution is 0.103. The van der Waals surface area contributed by atoms with E-state index in [9.17, 15) is 14.4 Å². The lowest BCUT2D eigenvalue weighted by Crippen LogP contribution is -2.18. The van der Waals surface area contributed by atoms with Crippen molar-refractivity contribution in [2.75, 3.05) is 0 Å². The molecule has 0 aliphatic heterocycles. The first-order valence-electron chi connectivity index (χ1n) is 7.65. The van der Waals surface area contributed by atoms with E-state index in [-0.39, 0.29) is 20.6 Å². The van der Waals surface area contributed by atoms with Crippen LogP contribution in [-0.4, -0.2) is 5.78 Å². The molecular weight excluding hydrogens is 660 g/mol. The average molecular weight is 666 g/mol. The third-order valence-electron chi connectivity index (χ3n) is 3.99. The zero-order chi connectivity index (χ0) is 20.2. The molecule has 9 heteroatoms. The van der Waals surface area contributed by atoms with Gasteiger partial charge in [0.05, 0.1) is 20.5 Å². The van der Waals surface area contributed by atoms with E-state index in [1.165, 1.54) is 0 Å². The molecule has 0 N–H and O–H groups in total. The van der Waals surface area contributed by atoms with Gasteiger partial charge >= 0.3 is 0 Å². The normalized spacial score (nSPS) is 11.3. The van der Waals surface area contributed by atoms with Crippen LogP contribution >= 0.6 is 86.4 Å². The van der Waals surface area contributed by atoms with Crippen LogP contribution < -0.4 is 9.48 Å². The second-order valence-electron chi connectivity index (χ2n) is 5.84. The summed E-state index contributed by atoms with van der Waals surface area (Å²) in [5.74, 6) is -0.557. The van der Waals surface area contributed by atoms with Crippen molar-refractivity contribution in [3.8, 4) is 0 Å². The summed E-state index contributed by atoms with van der Waals surface area (Å²) in [6.45, 7) is 0. The van der Waals surface area contributed by atoms with E-state index in [0.717, 1.165) is 60.7 Å². The highest BCUT2D eigenvalue weighted by atomic mass is 79.9. The molecule has 28 heavy (non-hydrogen) atoms. The van der Waals surface area contributed by atoms with Crippen LogP contribution in [0.1, 0.15) is 15.9 Å². The molecule has 2 aromatic carbocycles. The molecule has 0 fully saturated rings. The number of ketones is 1. The fourth-order valence-corrected chi connectivity index (χ4v) is 7.46. The van der Waals surface area contributed by atoms with E-state index in [1.54, 1.807) is 12.1 Å². The summed E-state index contributed by atoms with van der Waals surface area (Å²) >= 11 is 15.7. The van der Waals surface area contributed by atoms with Gasteiger partial charge in [-0.2, -0.15) is 0 Å². The Morgan fingerprint density at radius 1 is 0.643 bits per heavy atom. The number of rotatable bonds is 2. The second-order valence-corrected chi connectivity index (χ2v) is 11.3. The van der Waals surface area contributed by atoms with E-state index >= 15 is 0 Å². The second kappa shape index (κ2) is 7.85. The molecule has 0 radical (unpaired) electrons. The van der Waals surface area contributed by atoms with Gasteiger partial charge in [0.2, 0.25) is 15.3 Å². The summed E-state index contributed by atoms with van der Waals surface area (Å²) in [6, 6.07) is 10.5. The molecule has 2 heterocycles. The largest absolute Gasteiger partial charge is 0.288 e. The Kier molecular flexibility index (Phi) is 5.76. The highest BCUT2D eigenvalue weighted by Gasteiger charge is 2.20. The van der Waals surface area contributed by atoms with E-state index in [1.807, 2.05) is 24.3 Å². The van der Waals surface area contributed by atoms with E-state index in [0.29, 0.717) is 0 Å². The molecule has 2 aromatic heterocycles. The molecule has 0 aliphatic carbocycles. The molecule has 0 spiro atoms. The lowest BCUT2D eigenvalue weighted by Gasteiger charge is -2.06. The maximum absolute atomic E-state index is 13.1. The molecule has 0 aliphatic rings. The first-order chi connectivity index (χ1) is 13.2. The molecule has 0 saturated heterocycles. The highest BCUT2D eigenvalue weighted by molar-refractivity contribution is 9.11. The maximum atomic E-state index is 13.1. The average Bonchev–Trinajstić information content (AvgIpc) is 2.61. The van der Waals surface area contributed by atoms with Crippen LogP contribution in [0.5, 0.6) is 0 Å². The van der Waals surface area contributed by atoms with Gasteiger partial charge in [0.1, 0.15) is 0 Å². The van der Waals surface area contributed by atoms with Gasteiger partial charge in [0, 0.05) is 17.9 Å². The molecule has 3 nitrogen and oxygen atoms in total. The SMILES string of the molecule is O=C(c1cc2cc(Br)cc(Br)c2sc1=O)c1cc2cc(Br)cc(Br)c2sc1=O. The van der Waals surface area contributed by atoms with Gasteiger partial charge in [-0.15, -0.1) is 0 Å². The Labute approximate surface area is 199 Å². The number of carbonyl (C=O) groups is 1. The Morgan fingerprint density at radius 2 is 1.04 bits per heavy atom. The minimum Gasteiger partial charge on any atom is -0.288 e. The number of halogens is 4. The fourth-order valence-electron chi connectivity index (χ4n) is 2.78. The molecule has 0 amide bonds. The Hall–Kier alpha value is -0.710. The first-order valence-corrected chi connectivity index (χ1v) is 12.5. The predicted molar refractivity (Wildman–Crippen MR) is 130 cm³/mol. The van der Waals surface area contributed by atoms with Crippen molar-refractivity contribution < 1.29 is 4.79 Å². The number of fused-ring (bicyclic) bond motifs is 2. The first kappa shape index (κ1) is 20.6. The van der Waals surface area contributed by atoms with Crippen molar-refractivity contribution >= 4 is 112 Å². The van der Waals surface area contributed by atoms with Gasteiger partial charge < -0.3 is 0 Å². The molecule has 4 rings (SSSR count). The summed E-state index contributed by atoms with van der Waals surface area (Å²) in [6.07, 6.45) is 0. The van der Waals surface area contributed by atoms with Crippen LogP contribution in [0.25, 0.3) is 20.2 Å². The van der Waals surface area contributed by atoms with Crippen LogP contribution in [0.4, 0.5) is 0 Å². The Morgan fingerprint density at radius 3 is 1.43 bits per heavy atom. The smallest absolute Gasteiger partial charge is 0.244 e. The Balaban J connectivity index is 1.95. The monoisotopic (exact) mass is 662 g/mol. The zero-order valence-electron chi connectivity index (χ0n) is 13.5. The van der Waals surface area contributed by atoms with E-state index in [4.69, 9.17) is 0 Å². The molecule has 4 aromatic rings. The van der Waals surface area contributed by atoms with Crippen LogP contribution in [0.15, 0.2) is 63.9 Å². The van der Waals surface area contributed by atoms with Crippen LogP contribution in [0.3, 0.4) is 0 Å². The number of hydrogen-bond donors (Lipinski definition) is 0. The molecule has 0 saturated carbocycles. The zero-order valence-corrected chi connectivity index (χ0v) is 21.5. The van der Waals surface area contributed by atoms with E-state index < -0.39 is 5.78 Å². The van der Waals surface area contributed by atoms with Crippen molar-refractivity contribution in [2.24, 2.45) is 0 Å². The Bertz CT molecular complexity index is 1320. The maximum Gasteiger partial charge on any atom is 0.244 e. The van der Waals surface area contributed by atoms with Crippen LogP contribution in [0.2, 0.25) is 0 Å². The van der Waals surface area contributed by atoms with Gasteiger partial charge in [-0.05, 0) is 79.0 Å². The van der Waals surface area contributed by atoms with Crippen molar-refractivity contribution in [1.82, 2.24) is 0 Å². The predicted octanol–water partition coefficient (Wildman–Crippen LogP) is 7.12. The molecule has 0 bridgehead atoms. The van der Waals surface area contributed by atoms with Crippen LogP contribution in [-0.2, 0) is 0 Å². The summed E-state index contributed by atoms with van der Waals surface area (Å²) in [5, 5.41) is 1.49. The van der Waals surface area contributed by atoms with Crippen LogP contribution in [0, 0.1) is 0 Å². The summed E-state index contributed by atoms with van der Waals surface area (Å²) < 4.78 is 3.94. The summed E-state index contributed by atoms with van der Waals surface area (Å²) in [7, 11) is 0. The highest BCUT2D eigenvalue weighted by Crippen LogP contribution is 2.32. The summed E-state index contributed by atoms with van der Waals surface area (Å²) in [4.78, 5) is 38.3. The standard InChI is InChI=1S/C19H6Br4O3S2/c20-9-1-7-3-11(18(25)27-16(7)13(22)5-9)15(24)12-4-8-2-10(21)6-14(23)17(8)28-19(12)26/h1-6H. The molecular formula is C19H6Br4O3S2. The third kappa shape index (κ3) is 3.73. The van der Waals surface area contributed by atoms with E-state index in [2.05, 4.69) is 63.7 Å². The quantitative estimate of drug-likeness (QED) is 0.215. The minimum atomic E-state index is -0.557. The van der Waals surface area contributed by atoms with Gasteiger partial charge in [0.15, 0.2) is 0 Å². The number of hydrogen-bond acceptors (Lipinski definition) is 5. The van der Waals surface area contributed by atoms with Gasteiger partial charge in [0.25, 0.3) is 0 Å². The number of benzene rings is 2. The summed E-state index contributed by atoms with van der Waals surface area (Å²) in [5.41, 5.74) is 0.000394. The molecule has 0 unspecified atom stereocenters. The fraction of sp³-hybridized carbons (Fsp3) is 0. The van der Waals surface area contributed by atoms with Crippen molar-refractivity contribution in [3.05, 3.63) is 84.5 Å². The van der Waals surface area contributed by atoms with Gasteiger partial charge in [-0.1, -0.05) is 54.5 Å². The third-order valence-corrected chi connectivity index (χ3v) is 8.81. The lowest BCUT2D eigenvalue weighted by atomic mass is 10.1. The topological polar surface area (TPSA) is 51.2 Å². The number of carbonyl (C=O) groups excluding carboxylic acids is 1. The van der Waals surface area contributed by atoms with Gasteiger partial charge in [-0.3, -0.25) is 14.4 Å². The minimum absolute atomic E-state index is 0.000197. The van der Waals surface area contributed by atoms with Crippen molar-refractivity contribution in [1.29, 1.82) is 0 Å². The van der Waals surface area contributed by atoms with Crippen molar-refractivity contribution in [2.45, 2.75) is 0 Å². The van der Waals surface area contributed by atoms with Gasteiger partial charge in [-0.25, -0.2) is 0 Å². The van der Waals surface area contributed by atoms with Crippen molar-refractivity contribution in [3.63, 3.8) is 0 Å². The molecule has 140 valence electrons. The molecule has 0 atom stereocenters.